The van der Waals surface area contributed by atoms with Crippen LogP contribution in [-0.2, 0) is 9.53 Å². The Morgan fingerprint density at radius 1 is 1.56 bits per heavy atom. The highest BCUT2D eigenvalue weighted by Gasteiger charge is 2.26. The van der Waals surface area contributed by atoms with Crippen LogP contribution in [0.25, 0.3) is 0 Å². The average molecular weight is 228 g/mol. The van der Waals surface area contributed by atoms with Crippen molar-refractivity contribution in [3.8, 4) is 0 Å². The first-order chi connectivity index (χ1) is 7.66. The van der Waals surface area contributed by atoms with Crippen LogP contribution in [-0.4, -0.2) is 39.3 Å². The fourth-order valence-corrected chi connectivity index (χ4v) is 2.05. The zero-order chi connectivity index (χ0) is 11.9. The van der Waals surface area contributed by atoms with Crippen molar-refractivity contribution in [3.05, 3.63) is 0 Å². The second-order valence-electron chi connectivity index (χ2n) is 4.96. The van der Waals surface area contributed by atoms with Gasteiger partial charge in [0, 0.05) is 33.2 Å². The van der Waals surface area contributed by atoms with E-state index in [-0.39, 0.29) is 11.3 Å². The highest BCUT2D eigenvalue weighted by molar-refractivity contribution is 5.75. The molecule has 1 atom stereocenters. The molecule has 1 heterocycles. The van der Waals surface area contributed by atoms with Crippen LogP contribution in [0.15, 0.2) is 0 Å². The largest absolute Gasteiger partial charge is 0.385 e. The van der Waals surface area contributed by atoms with E-state index in [1.807, 2.05) is 0 Å². The zero-order valence-corrected chi connectivity index (χ0v) is 10.5. The van der Waals surface area contributed by atoms with Gasteiger partial charge in [-0.2, -0.15) is 0 Å². The Labute approximate surface area is 98.1 Å². The van der Waals surface area contributed by atoms with Gasteiger partial charge in [-0.15, -0.1) is 0 Å². The molecule has 1 unspecified atom stereocenters. The highest BCUT2D eigenvalue weighted by atomic mass is 16.5. The third-order valence-electron chi connectivity index (χ3n) is 3.15. The number of amides is 1. The molecule has 1 saturated heterocycles. The van der Waals surface area contributed by atoms with E-state index in [1.165, 1.54) is 12.8 Å². The van der Waals surface area contributed by atoms with E-state index in [0.29, 0.717) is 13.0 Å². The van der Waals surface area contributed by atoms with Crippen LogP contribution < -0.4 is 10.6 Å². The van der Waals surface area contributed by atoms with Crippen molar-refractivity contribution >= 4 is 5.91 Å². The second-order valence-corrected chi connectivity index (χ2v) is 4.96. The lowest BCUT2D eigenvalue weighted by molar-refractivity contribution is -0.121. The molecule has 0 aromatic heterocycles. The lowest BCUT2D eigenvalue weighted by atomic mass is 9.83. The number of hydrogen-bond donors (Lipinski definition) is 2. The molecule has 94 valence electrons. The van der Waals surface area contributed by atoms with E-state index in [0.717, 1.165) is 26.1 Å². The molecule has 0 aromatic carbocycles. The van der Waals surface area contributed by atoms with Crippen LogP contribution in [0.4, 0.5) is 0 Å². The van der Waals surface area contributed by atoms with Gasteiger partial charge < -0.3 is 15.4 Å². The summed E-state index contributed by atoms with van der Waals surface area (Å²) in [5.74, 6) is 0.142. The van der Waals surface area contributed by atoms with E-state index in [2.05, 4.69) is 17.6 Å². The summed E-state index contributed by atoms with van der Waals surface area (Å²) in [6.45, 7) is 5.79. The fraction of sp³-hybridized carbons (Fsp3) is 0.917. The molecule has 0 radical (unpaired) electrons. The lowest BCUT2D eigenvalue weighted by Gasteiger charge is -2.34. The van der Waals surface area contributed by atoms with E-state index in [9.17, 15) is 4.79 Å². The Morgan fingerprint density at radius 2 is 2.38 bits per heavy atom. The van der Waals surface area contributed by atoms with E-state index < -0.39 is 0 Å². The van der Waals surface area contributed by atoms with Crippen molar-refractivity contribution in [2.75, 3.05) is 33.4 Å². The van der Waals surface area contributed by atoms with E-state index >= 15 is 0 Å². The number of carbonyl (C=O) groups excluding carboxylic acids is 1. The molecule has 1 fully saturated rings. The number of piperidine rings is 1. The van der Waals surface area contributed by atoms with Crippen molar-refractivity contribution < 1.29 is 9.53 Å². The Hall–Kier alpha value is -0.610. The number of rotatable bonds is 6. The van der Waals surface area contributed by atoms with Crippen LogP contribution >= 0.6 is 0 Å². The van der Waals surface area contributed by atoms with Crippen LogP contribution in [0.2, 0.25) is 0 Å². The number of hydrogen-bond acceptors (Lipinski definition) is 3. The van der Waals surface area contributed by atoms with Gasteiger partial charge in [-0.05, 0) is 31.2 Å². The Kier molecular flexibility index (Phi) is 5.77. The summed E-state index contributed by atoms with van der Waals surface area (Å²) < 4.78 is 4.92. The highest BCUT2D eigenvalue weighted by Crippen LogP contribution is 2.24. The Bertz CT molecular complexity index is 213. The third kappa shape index (κ3) is 4.94. The first kappa shape index (κ1) is 13.5. The minimum Gasteiger partial charge on any atom is -0.385 e. The van der Waals surface area contributed by atoms with Crippen molar-refractivity contribution in [1.82, 2.24) is 10.6 Å². The maximum Gasteiger partial charge on any atom is 0.220 e. The number of carbonyl (C=O) groups is 1. The van der Waals surface area contributed by atoms with Gasteiger partial charge in [0.15, 0.2) is 0 Å². The summed E-state index contributed by atoms with van der Waals surface area (Å²) in [5.41, 5.74) is 0.231. The first-order valence-corrected chi connectivity index (χ1v) is 6.13. The molecule has 0 saturated carbocycles. The summed E-state index contributed by atoms with van der Waals surface area (Å²) in [5, 5.41) is 6.40. The molecule has 1 aliphatic heterocycles. The minimum atomic E-state index is 0.142. The van der Waals surface area contributed by atoms with Crippen molar-refractivity contribution in [3.63, 3.8) is 0 Å². The number of methoxy groups -OCH3 is 1. The van der Waals surface area contributed by atoms with Crippen molar-refractivity contribution in [2.45, 2.75) is 32.6 Å². The van der Waals surface area contributed by atoms with Gasteiger partial charge in [-0.25, -0.2) is 0 Å². The molecule has 16 heavy (non-hydrogen) atoms. The van der Waals surface area contributed by atoms with Crippen LogP contribution in [0, 0.1) is 5.41 Å². The smallest absolute Gasteiger partial charge is 0.220 e. The molecule has 0 aliphatic carbocycles. The quantitative estimate of drug-likeness (QED) is 0.665. The normalized spacial score (nSPS) is 25.4. The van der Waals surface area contributed by atoms with Gasteiger partial charge in [0.25, 0.3) is 0 Å². The molecule has 0 bridgehead atoms. The topological polar surface area (TPSA) is 50.4 Å². The standard InChI is InChI=1S/C12H24N2O2/c1-12(6-4-7-13-9-12)10-14-11(15)5-3-8-16-2/h13H,3-10H2,1-2H3,(H,14,15). The Morgan fingerprint density at radius 3 is 3.00 bits per heavy atom. The zero-order valence-electron chi connectivity index (χ0n) is 10.5. The Balaban J connectivity index is 2.14. The molecular weight excluding hydrogens is 204 g/mol. The van der Waals surface area contributed by atoms with Gasteiger partial charge in [0.1, 0.15) is 0 Å². The molecule has 0 aromatic rings. The predicted octanol–water partition coefficient (Wildman–Crippen LogP) is 0.919. The average Bonchev–Trinajstić information content (AvgIpc) is 2.28. The van der Waals surface area contributed by atoms with Gasteiger partial charge in [-0.1, -0.05) is 6.92 Å². The van der Waals surface area contributed by atoms with Gasteiger partial charge in [0.05, 0.1) is 0 Å². The predicted molar refractivity (Wildman–Crippen MR) is 64.3 cm³/mol. The summed E-state index contributed by atoms with van der Waals surface area (Å²) in [4.78, 5) is 11.5. The summed E-state index contributed by atoms with van der Waals surface area (Å²) >= 11 is 0. The molecular formula is C12H24N2O2. The lowest BCUT2D eigenvalue weighted by Crippen LogP contribution is -2.45. The molecule has 1 amide bonds. The number of nitrogens with one attached hydrogen (secondary N) is 2. The summed E-state index contributed by atoms with van der Waals surface area (Å²) in [6.07, 6.45) is 3.77. The second kappa shape index (κ2) is 6.86. The maximum atomic E-state index is 11.5. The molecule has 2 N–H and O–H groups in total. The van der Waals surface area contributed by atoms with Gasteiger partial charge in [-0.3, -0.25) is 4.79 Å². The minimum absolute atomic E-state index is 0.142. The molecule has 1 rings (SSSR count). The first-order valence-electron chi connectivity index (χ1n) is 6.13. The van der Waals surface area contributed by atoms with Crippen LogP contribution in [0.3, 0.4) is 0 Å². The van der Waals surface area contributed by atoms with E-state index in [1.54, 1.807) is 7.11 Å². The molecule has 0 spiro atoms. The monoisotopic (exact) mass is 228 g/mol. The van der Waals surface area contributed by atoms with Crippen LogP contribution in [0.5, 0.6) is 0 Å². The molecule has 4 nitrogen and oxygen atoms in total. The maximum absolute atomic E-state index is 11.5. The summed E-state index contributed by atoms with van der Waals surface area (Å²) in [7, 11) is 1.66. The third-order valence-corrected chi connectivity index (χ3v) is 3.15. The SMILES string of the molecule is COCCCC(=O)NCC1(C)CCCNC1. The molecule has 4 heteroatoms. The van der Waals surface area contributed by atoms with Crippen molar-refractivity contribution in [1.29, 1.82) is 0 Å². The van der Waals surface area contributed by atoms with Gasteiger partial charge in [0.2, 0.25) is 5.91 Å². The molecule has 1 aliphatic rings. The fourth-order valence-electron chi connectivity index (χ4n) is 2.05. The number of ether oxygens (including phenoxy) is 1. The van der Waals surface area contributed by atoms with E-state index in [4.69, 9.17) is 4.74 Å². The van der Waals surface area contributed by atoms with Gasteiger partial charge >= 0.3 is 0 Å². The van der Waals surface area contributed by atoms with Crippen LogP contribution in [0.1, 0.15) is 32.6 Å². The van der Waals surface area contributed by atoms with Crippen molar-refractivity contribution in [2.24, 2.45) is 5.41 Å². The summed E-state index contributed by atoms with van der Waals surface area (Å²) in [6, 6.07) is 0.